The Kier molecular flexibility index (Phi) is 4.99. The lowest BCUT2D eigenvalue weighted by atomic mass is 9.87. The summed E-state index contributed by atoms with van der Waals surface area (Å²) in [5.41, 5.74) is 11.9. The van der Waals surface area contributed by atoms with E-state index in [1.807, 2.05) is 57.7 Å². The van der Waals surface area contributed by atoms with Gasteiger partial charge in [-0.3, -0.25) is 0 Å². The predicted molar refractivity (Wildman–Crippen MR) is 273 cm³/mol. The van der Waals surface area contributed by atoms with Crippen LogP contribution in [0.2, 0.25) is 0 Å². The van der Waals surface area contributed by atoms with E-state index >= 15 is 0 Å². The molecule has 15 aromatic rings. The standard InChI is InChI=1S/C60H42N4/c1-33(2)49-53-43-25-15-23-41-52-48(32-30-40-38-22-12-14-28-46(38)62(58(40)52)36-19-9-6-10-20-36)64(55(41)43)60(53)50(34(3)4)54-44-26-16-24-42-51-47(63(56(42)44)59(49)54)31-29-39-37-21-11-13-27-45(37)61(57(39)51)35-17-7-5-8-18-35/h5-34H,1-4H3/i5D,6D,7D,8D,9D,10D,17D,18D,19D,20D. The largest absolute Gasteiger partial charge is 0.309 e. The van der Waals surface area contributed by atoms with Crippen molar-refractivity contribution in [3.63, 3.8) is 0 Å². The van der Waals surface area contributed by atoms with Gasteiger partial charge in [0.2, 0.25) is 0 Å². The third-order valence-electron chi connectivity index (χ3n) is 14.3. The summed E-state index contributed by atoms with van der Waals surface area (Å²) in [5.74, 6) is 0.0671. The second-order valence-corrected chi connectivity index (χ2v) is 18.0. The molecule has 0 bridgehead atoms. The zero-order chi connectivity index (χ0) is 51.0. The lowest BCUT2D eigenvalue weighted by Crippen LogP contribution is -2.01. The van der Waals surface area contributed by atoms with Crippen molar-refractivity contribution in [3.05, 3.63) is 181 Å². The predicted octanol–water partition coefficient (Wildman–Crippen LogP) is 16.4. The van der Waals surface area contributed by atoms with Gasteiger partial charge in [-0.25, -0.2) is 0 Å². The molecular formula is C60H42N4. The first-order valence-electron chi connectivity index (χ1n) is 27.0. The van der Waals surface area contributed by atoms with E-state index in [0.29, 0.717) is 0 Å². The number of rotatable bonds is 4. The highest BCUT2D eigenvalue weighted by Crippen LogP contribution is 2.53. The average molecular weight is 829 g/mol. The van der Waals surface area contributed by atoms with Gasteiger partial charge in [-0.05, 0) is 71.4 Å². The van der Waals surface area contributed by atoms with E-state index in [1.54, 1.807) is 0 Å². The fourth-order valence-corrected chi connectivity index (χ4v) is 12.1. The molecule has 64 heavy (non-hydrogen) atoms. The van der Waals surface area contributed by atoms with Crippen LogP contribution in [0.5, 0.6) is 0 Å². The Hall–Kier alpha value is -7.82. The SMILES string of the molecule is [2H]c1c([2H])c([2H])c(-n2c3ccccc3c3ccc4c(c5cccc6c7c(C(C)C)c8c(c(C(C)C)c7n4c65)c4cccc5c6c7c(ccc6n8c45)c4ccccc4n7-c4c([2H])c([2H])c([2H])c([2H])c4[2H])c32)c([2H])c1[2H]. The summed E-state index contributed by atoms with van der Waals surface area (Å²) in [7, 11) is 0. The summed E-state index contributed by atoms with van der Waals surface area (Å²) in [6.45, 7) is 9.05. The van der Waals surface area contributed by atoms with Crippen molar-refractivity contribution in [2.75, 3.05) is 0 Å². The molecule has 0 radical (unpaired) electrons. The van der Waals surface area contributed by atoms with Crippen LogP contribution < -0.4 is 0 Å². The topological polar surface area (TPSA) is 18.7 Å². The number of para-hydroxylation sites is 6. The highest BCUT2D eigenvalue weighted by atomic mass is 15.0. The molecule has 0 saturated heterocycles. The van der Waals surface area contributed by atoms with Crippen LogP contribution >= 0.6 is 0 Å². The summed E-state index contributed by atoms with van der Waals surface area (Å²) >= 11 is 0. The Morgan fingerprint density at radius 3 is 1.11 bits per heavy atom. The van der Waals surface area contributed by atoms with E-state index < -0.39 is 12.1 Å². The minimum atomic E-state index is -0.433. The zero-order valence-electron chi connectivity index (χ0n) is 45.3. The Labute approximate surface area is 382 Å². The smallest absolute Gasteiger partial charge is 0.0645 e. The van der Waals surface area contributed by atoms with Gasteiger partial charge in [-0.15, -0.1) is 0 Å². The van der Waals surface area contributed by atoms with E-state index in [0.717, 1.165) is 120 Å². The van der Waals surface area contributed by atoms with Gasteiger partial charge in [-0.1, -0.05) is 149 Å². The summed E-state index contributed by atoms with van der Waals surface area (Å²) in [4.78, 5) is 0. The number of fused-ring (bicyclic) bond motifs is 20. The van der Waals surface area contributed by atoms with Crippen LogP contribution in [0.1, 0.15) is 64.4 Å². The van der Waals surface area contributed by atoms with Crippen molar-refractivity contribution in [2.24, 2.45) is 0 Å². The third kappa shape index (κ3) is 3.98. The van der Waals surface area contributed by atoms with Crippen molar-refractivity contribution in [3.8, 4) is 11.4 Å². The van der Waals surface area contributed by atoms with E-state index in [1.165, 1.54) is 11.1 Å². The Morgan fingerprint density at radius 2 is 0.703 bits per heavy atom. The molecule has 0 fully saturated rings. The summed E-state index contributed by atoms with van der Waals surface area (Å²) in [6, 6.07) is 34.0. The van der Waals surface area contributed by atoms with Crippen LogP contribution in [0.3, 0.4) is 0 Å². The van der Waals surface area contributed by atoms with E-state index in [9.17, 15) is 5.48 Å². The molecule has 0 aliphatic carbocycles. The molecule has 0 saturated carbocycles. The van der Waals surface area contributed by atoms with E-state index in [-0.39, 0.29) is 71.5 Å². The van der Waals surface area contributed by atoms with Crippen LogP contribution in [0, 0.1) is 0 Å². The molecule has 302 valence electrons. The molecule has 0 unspecified atom stereocenters. The van der Waals surface area contributed by atoms with Crippen LogP contribution in [-0.4, -0.2) is 17.9 Å². The van der Waals surface area contributed by atoms with Gasteiger partial charge in [0.15, 0.2) is 0 Å². The molecule has 0 aliphatic heterocycles. The molecule has 15 rings (SSSR count). The Bertz CT molecular complexity index is 4710. The maximum Gasteiger partial charge on any atom is 0.0645 e. The minimum absolute atomic E-state index is 0.0336. The zero-order valence-corrected chi connectivity index (χ0v) is 35.3. The molecule has 4 nitrogen and oxygen atoms in total. The first kappa shape index (κ1) is 26.6. The summed E-state index contributed by atoms with van der Waals surface area (Å²) in [6.07, 6.45) is 0. The number of nitrogens with zero attached hydrogens (tertiary/aromatic N) is 4. The van der Waals surface area contributed by atoms with Gasteiger partial charge in [0.05, 0.1) is 68.9 Å². The molecule has 0 atom stereocenters. The van der Waals surface area contributed by atoms with Gasteiger partial charge >= 0.3 is 0 Å². The molecule has 0 spiro atoms. The Morgan fingerprint density at radius 1 is 0.328 bits per heavy atom. The average Bonchev–Trinajstić information content (AvgIpc) is 4.29. The minimum Gasteiger partial charge on any atom is -0.309 e. The molecule has 4 heteroatoms. The molecule has 6 aromatic heterocycles. The molecule has 9 aromatic carbocycles. The van der Waals surface area contributed by atoms with Gasteiger partial charge in [0.1, 0.15) is 0 Å². The monoisotopic (exact) mass is 828 g/mol. The second kappa shape index (κ2) is 12.0. The lowest BCUT2D eigenvalue weighted by Gasteiger charge is -2.19. The summed E-state index contributed by atoms with van der Waals surface area (Å²) < 4.78 is 97.6. The highest BCUT2D eigenvalue weighted by Gasteiger charge is 2.32. The fraction of sp³-hybridized carbons (Fsp3) is 0.100. The molecule has 0 N–H and O–H groups in total. The van der Waals surface area contributed by atoms with Crippen molar-refractivity contribution < 1.29 is 13.7 Å². The first-order valence-corrected chi connectivity index (χ1v) is 22.0. The van der Waals surface area contributed by atoms with Crippen molar-refractivity contribution in [2.45, 2.75) is 39.5 Å². The molecular weight excluding hydrogens is 777 g/mol. The van der Waals surface area contributed by atoms with Crippen LogP contribution in [0.25, 0.3) is 131 Å². The van der Waals surface area contributed by atoms with E-state index in [4.69, 9.17) is 8.22 Å². The quantitative estimate of drug-likeness (QED) is 0.168. The molecule has 0 amide bonds. The number of benzene rings is 9. The molecule has 6 heterocycles. The lowest BCUT2D eigenvalue weighted by molar-refractivity contribution is 0.869. The number of hydrogen-bond acceptors (Lipinski definition) is 0. The van der Waals surface area contributed by atoms with Crippen molar-refractivity contribution >= 4 is 120 Å². The van der Waals surface area contributed by atoms with Crippen molar-refractivity contribution in [1.29, 1.82) is 0 Å². The highest BCUT2D eigenvalue weighted by molar-refractivity contribution is 6.36. The van der Waals surface area contributed by atoms with Gasteiger partial charge in [0, 0.05) is 76.0 Å². The first-order chi connectivity index (χ1) is 35.6. The van der Waals surface area contributed by atoms with Crippen LogP contribution in [0.4, 0.5) is 0 Å². The number of hydrogen-bond donors (Lipinski definition) is 0. The van der Waals surface area contributed by atoms with E-state index in [2.05, 4.69) is 97.2 Å². The van der Waals surface area contributed by atoms with Crippen LogP contribution in [-0.2, 0) is 0 Å². The van der Waals surface area contributed by atoms with Gasteiger partial charge in [0.25, 0.3) is 0 Å². The molecule has 0 aliphatic rings. The fourth-order valence-electron chi connectivity index (χ4n) is 12.1. The van der Waals surface area contributed by atoms with Gasteiger partial charge < -0.3 is 17.9 Å². The van der Waals surface area contributed by atoms with Gasteiger partial charge in [-0.2, -0.15) is 0 Å². The normalized spacial score (nSPS) is 15.2. The Balaban J connectivity index is 1.16. The van der Waals surface area contributed by atoms with Crippen molar-refractivity contribution in [1.82, 2.24) is 17.9 Å². The maximum absolute atomic E-state index is 9.25. The van der Waals surface area contributed by atoms with Crippen LogP contribution in [0.15, 0.2) is 170 Å². The third-order valence-corrected chi connectivity index (χ3v) is 14.3. The summed E-state index contributed by atoms with van der Waals surface area (Å²) in [5, 5.41) is 12.0. The number of aromatic nitrogens is 4. The maximum atomic E-state index is 9.25. The second-order valence-electron chi connectivity index (χ2n) is 18.0.